The number of aromatic nitrogens is 2. The summed E-state index contributed by atoms with van der Waals surface area (Å²) in [6.45, 7) is 5.39. The van der Waals surface area contributed by atoms with Gasteiger partial charge in [-0.15, -0.1) is 0 Å². The largest absolute Gasteiger partial charge is 0.466 e. The minimum Gasteiger partial charge on any atom is -0.466 e. The van der Waals surface area contributed by atoms with Crippen molar-refractivity contribution in [2.24, 2.45) is 0 Å². The second-order valence-corrected chi connectivity index (χ2v) is 8.31. The van der Waals surface area contributed by atoms with Crippen LogP contribution in [0.3, 0.4) is 0 Å². The summed E-state index contributed by atoms with van der Waals surface area (Å²) >= 11 is 0. The fourth-order valence-corrected chi connectivity index (χ4v) is 4.20. The summed E-state index contributed by atoms with van der Waals surface area (Å²) in [5.41, 5.74) is 14.5. The van der Waals surface area contributed by atoms with Crippen LogP contribution in [0.4, 0.5) is 0 Å². The molecule has 1 saturated heterocycles. The molecular weight excluding hydrogens is 436 g/mol. The molecule has 4 heterocycles. The minimum absolute atomic E-state index is 0.00339. The highest BCUT2D eigenvalue weighted by atomic mass is 16.5. The molecule has 0 bridgehead atoms. The quantitative estimate of drug-likeness (QED) is 0.342. The molecule has 0 aliphatic carbocycles. The Morgan fingerprint density at radius 1 is 1.06 bits per heavy atom. The summed E-state index contributed by atoms with van der Waals surface area (Å²) in [6, 6.07) is 12.8. The first kappa shape index (κ1) is 21.8. The summed E-state index contributed by atoms with van der Waals surface area (Å²) in [7, 11) is 0. The first-order valence-electron chi connectivity index (χ1n) is 10.9. The molecule has 0 radical (unpaired) electrons. The van der Waals surface area contributed by atoms with Crippen molar-refractivity contribution in [3.05, 3.63) is 70.8 Å². The number of furan rings is 1. The highest BCUT2D eigenvalue weighted by Crippen LogP contribution is 2.30. The summed E-state index contributed by atoms with van der Waals surface area (Å²) in [4.78, 5) is 30.3. The summed E-state index contributed by atoms with van der Waals surface area (Å²) < 4.78 is 10.9. The summed E-state index contributed by atoms with van der Waals surface area (Å²) in [5, 5.41) is 4.43. The Balaban J connectivity index is 1.33. The van der Waals surface area contributed by atoms with E-state index in [0.29, 0.717) is 29.0 Å². The number of nitrogens with one attached hydrogen (secondary N) is 4. The fourth-order valence-electron chi connectivity index (χ4n) is 4.20. The molecule has 0 saturated carbocycles. The van der Waals surface area contributed by atoms with Crippen molar-refractivity contribution in [1.29, 1.82) is 0 Å². The van der Waals surface area contributed by atoms with Gasteiger partial charge in [-0.05, 0) is 44.9 Å². The van der Waals surface area contributed by atoms with E-state index < -0.39 is 11.9 Å². The molecule has 34 heavy (non-hydrogen) atoms. The van der Waals surface area contributed by atoms with E-state index in [9.17, 15) is 9.59 Å². The lowest BCUT2D eigenvalue weighted by Gasteiger charge is -2.12. The summed E-state index contributed by atoms with van der Waals surface area (Å²) in [5.74, 6) is 0.547. The number of carbonyl (C=O) groups is 2. The van der Waals surface area contributed by atoms with E-state index in [0.717, 1.165) is 16.9 Å². The van der Waals surface area contributed by atoms with Gasteiger partial charge >= 0.3 is 0 Å². The van der Waals surface area contributed by atoms with Crippen molar-refractivity contribution in [1.82, 2.24) is 31.8 Å². The smallest absolute Gasteiger partial charge is 0.270 e. The van der Waals surface area contributed by atoms with Crippen molar-refractivity contribution < 1.29 is 18.5 Å². The van der Waals surface area contributed by atoms with E-state index in [-0.39, 0.29) is 23.2 Å². The normalized spacial score (nSPS) is 17.7. The topological polar surface area (TPSA) is 134 Å². The average molecular weight is 460 g/mol. The SMILES string of the molecule is Cc1cc(-c2cc(C(=O)NNC(=O)C3CC(c4ccccc4)NN3)c3c(C)noc3n2)c(C)o1. The molecular formula is C24H24N6O4. The first-order valence-corrected chi connectivity index (χ1v) is 10.9. The van der Waals surface area contributed by atoms with Crippen LogP contribution in [-0.2, 0) is 4.79 Å². The van der Waals surface area contributed by atoms with Gasteiger partial charge < -0.3 is 8.94 Å². The van der Waals surface area contributed by atoms with E-state index in [1.165, 1.54) is 0 Å². The van der Waals surface area contributed by atoms with Gasteiger partial charge in [0.25, 0.3) is 17.5 Å². The molecule has 1 fully saturated rings. The van der Waals surface area contributed by atoms with Crippen LogP contribution in [-0.4, -0.2) is 28.0 Å². The standard InChI is InChI=1S/C24H24N6O4/c1-12-9-16(14(3)33-12)19-10-17(21-13(2)30-34-24(21)25-19)22(31)28-29-23(32)20-11-18(26-27-20)15-7-5-4-6-8-15/h4-10,18,20,26-27H,11H2,1-3H3,(H,28,31)(H,29,32). The molecule has 1 aromatic carbocycles. The van der Waals surface area contributed by atoms with Crippen LogP contribution in [0.25, 0.3) is 22.4 Å². The molecule has 4 aromatic rings. The van der Waals surface area contributed by atoms with Crippen LogP contribution in [0.15, 0.2) is 51.4 Å². The highest BCUT2D eigenvalue weighted by Gasteiger charge is 2.30. The molecule has 0 spiro atoms. The third-order valence-corrected chi connectivity index (χ3v) is 5.90. The maximum Gasteiger partial charge on any atom is 0.270 e. The van der Waals surface area contributed by atoms with Gasteiger partial charge in [0.2, 0.25) is 0 Å². The number of hydrazine groups is 2. The van der Waals surface area contributed by atoms with E-state index >= 15 is 0 Å². The molecule has 5 rings (SSSR count). The number of pyridine rings is 1. The molecule has 2 atom stereocenters. The Labute approximate surface area is 195 Å². The zero-order chi connectivity index (χ0) is 23.8. The number of aryl methyl sites for hydroxylation is 3. The predicted molar refractivity (Wildman–Crippen MR) is 123 cm³/mol. The van der Waals surface area contributed by atoms with Crippen molar-refractivity contribution >= 4 is 22.9 Å². The Morgan fingerprint density at radius 2 is 1.85 bits per heavy atom. The van der Waals surface area contributed by atoms with Crippen molar-refractivity contribution in [2.45, 2.75) is 39.3 Å². The first-order chi connectivity index (χ1) is 16.4. The summed E-state index contributed by atoms with van der Waals surface area (Å²) in [6.07, 6.45) is 0.541. The predicted octanol–water partition coefficient (Wildman–Crippen LogP) is 2.78. The molecule has 10 heteroatoms. The highest BCUT2D eigenvalue weighted by molar-refractivity contribution is 6.07. The van der Waals surface area contributed by atoms with Gasteiger partial charge in [0, 0.05) is 11.6 Å². The Kier molecular flexibility index (Phi) is 5.60. The maximum absolute atomic E-state index is 13.1. The van der Waals surface area contributed by atoms with Crippen LogP contribution in [0.1, 0.15) is 45.6 Å². The van der Waals surface area contributed by atoms with Gasteiger partial charge in [-0.1, -0.05) is 35.5 Å². The van der Waals surface area contributed by atoms with Crippen molar-refractivity contribution in [2.75, 3.05) is 0 Å². The van der Waals surface area contributed by atoms with Gasteiger partial charge in [0.05, 0.1) is 22.3 Å². The average Bonchev–Trinajstić information content (AvgIpc) is 3.56. The van der Waals surface area contributed by atoms with Gasteiger partial charge in [0.1, 0.15) is 17.6 Å². The zero-order valence-electron chi connectivity index (χ0n) is 18.9. The van der Waals surface area contributed by atoms with E-state index in [4.69, 9.17) is 8.94 Å². The van der Waals surface area contributed by atoms with Crippen LogP contribution < -0.4 is 21.7 Å². The van der Waals surface area contributed by atoms with Gasteiger partial charge in [-0.3, -0.25) is 20.4 Å². The van der Waals surface area contributed by atoms with Crippen molar-refractivity contribution in [3.63, 3.8) is 0 Å². The minimum atomic E-state index is -0.507. The number of benzene rings is 1. The fraction of sp³-hybridized carbons (Fsp3) is 0.250. The van der Waals surface area contributed by atoms with Crippen LogP contribution in [0, 0.1) is 20.8 Å². The van der Waals surface area contributed by atoms with Gasteiger partial charge in [-0.25, -0.2) is 15.8 Å². The molecule has 1 aliphatic rings. The lowest BCUT2D eigenvalue weighted by atomic mass is 10.0. The van der Waals surface area contributed by atoms with E-state index in [1.54, 1.807) is 13.0 Å². The Hall–Kier alpha value is -4.02. The molecule has 4 N–H and O–H groups in total. The van der Waals surface area contributed by atoms with Crippen molar-refractivity contribution in [3.8, 4) is 11.3 Å². The molecule has 174 valence electrons. The van der Waals surface area contributed by atoms with E-state index in [2.05, 4.69) is 31.8 Å². The third kappa shape index (κ3) is 4.04. The van der Waals surface area contributed by atoms with Crippen LogP contribution >= 0.6 is 0 Å². The number of rotatable bonds is 4. The lowest BCUT2D eigenvalue weighted by molar-refractivity contribution is -0.123. The molecule has 10 nitrogen and oxygen atoms in total. The molecule has 2 amide bonds. The van der Waals surface area contributed by atoms with Gasteiger partial charge in [-0.2, -0.15) is 0 Å². The van der Waals surface area contributed by atoms with E-state index in [1.807, 2.05) is 50.2 Å². The second-order valence-electron chi connectivity index (χ2n) is 8.31. The number of amides is 2. The second kappa shape index (κ2) is 8.73. The monoisotopic (exact) mass is 460 g/mol. The molecule has 3 aromatic heterocycles. The van der Waals surface area contributed by atoms with Crippen LogP contribution in [0.5, 0.6) is 0 Å². The lowest BCUT2D eigenvalue weighted by Crippen LogP contribution is -2.50. The maximum atomic E-state index is 13.1. The van der Waals surface area contributed by atoms with Gasteiger partial charge in [0.15, 0.2) is 0 Å². The number of carbonyl (C=O) groups excluding carboxylic acids is 2. The zero-order valence-corrected chi connectivity index (χ0v) is 18.9. The number of hydrogen-bond donors (Lipinski definition) is 4. The molecule has 1 aliphatic heterocycles. The molecule has 2 unspecified atom stereocenters. The Morgan fingerprint density at radius 3 is 2.59 bits per heavy atom. The number of hydrogen-bond acceptors (Lipinski definition) is 8. The van der Waals surface area contributed by atoms with Crippen LogP contribution in [0.2, 0.25) is 0 Å². The Bertz CT molecular complexity index is 1380. The number of nitrogens with zero attached hydrogens (tertiary/aromatic N) is 2. The third-order valence-electron chi connectivity index (χ3n) is 5.90. The number of fused-ring (bicyclic) bond motifs is 1.